The molecule has 3 rings (SSSR count). The molecule has 1 amide bonds. The van der Waals surface area contributed by atoms with Crippen LogP contribution in [0, 0.1) is 0 Å². The first-order valence-electron chi connectivity index (χ1n) is 7.87. The van der Waals surface area contributed by atoms with E-state index in [0.717, 1.165) is 18.0 Å². The van der Waals surface area contributed by atoms with E-state index in [2.05, 4.69) is 22.5 Å². The predicted molar refractivity (Wildman–Crippen MR) is 96.7 cm³/mol. The molecule has 6 heteroatoms. The second-order valence-electron chi connectivity index (χ2n) is 5.37. The molecule has 2 aromatic heterocycles. The number of aromatic nitrogens is 3. The van der Waals surface area contributed by atoms with Crippen LogP contribution in [-0.4, -0.2) is 32.6 Å². The van der Waals surface area contributed by atoms with Gasteiger partial charge in [0.1, 0.15) is 11.4 Å². The average Bonchev–Trinajstić information content (AvgIpc) is 3.24. The number of benzene rings is 1. The molecule has 0 aliphatic rings. The second-order valence-corrected chi connectivity index (χ2v) is 6.54. The van der Waals surface area contributed by atoms with E-state index >= 15 is 0 Å². The molecule has 0 unspecified atom stereocenters. The van der Waals surface area contributed by atoms with Crippen LogP contribution in [0.3, 0.4) is 0 Å². The molecule has 24 heavy (non-hydrogen) atoms. The molecule has 0 bridgehead atoms. The molecule has 5 nitrogen and oxygen atoms in total. The van der Waals surface area contributed by atoms with Crippen molar-refractivity contribution < 1.29 is 4.79 Å². The minimum Gasteiger partial charge on any atom is -0.352 e. The molecule has 0 aliphatic heterocycles. The average molecular weight is 340 g/mol. The maximum Gasteiger partial charge on any atom is 0.256 e. The van der Waals surface area contributed by atoms with Crippen molar-refractivity contribution >= 4 is 17.7 Å². The van der Waals surface area contributed by atoms with Crippen LogP contribution in [0.1, 0.15) is 16.8 Å². The number of carbonyl (C=O) groups excluding carboxylic acids is 1. The summed E-state index contributed by atoms with van der Waals surface area (Å²) in [6, 6.07) is 14.1. The maximum absolute atomic E-state index is 12.4. The van der Waals surface area contributed by atoms with Crippen molar-refractivity contribution in [3.05, 3.63) is 66.6 Å². The lowest BCUT2D eigenvalue weighted by molar-refractivity contribution is 0.0953. The van der Waals surface area contributed by atoms with Crippen molar-refractivity contribution in [1.29, 1.82) is 0 Å². The Balaban J connectivity index is 1.51. The highest BCUT2D eigenvalue weighted by Gasteiger charge is 2.16. The third-order valence-electron chi connectivity index (χ3n) is 3.62. The zero-order valence-corrected chi connectivity index (χ0v) is 14.4. The van der Waals surface area contributed by atoms with Gasteiger partial charge in [-0.05, 0) is 36.4 Å². The Hall–Kier alpha value is -2.47. The Kier molecular flexibility index (Phi) is 5.38. The van der Waals surface area contributed by atoms with Gasteiger partial charge in [-0.2, -0.15) is 5.10 Å². The number of hydrogen-bond acceptors (Lipinski definition) is 3. The third-order valence-corrected chi connectivity index (χ3v) is 4.72. The highest BCUT2D eigenvalue weighted by atomic mass is 32.2. The first kappa shape index (κ1) is 16.4. The number of nitrogens with one attached hydrogen (secondary N) is 1. The van der Waals surface area contributed by atoms with Crippen molar-refractivity contribution in [3.8, 4) is 5.82 Å². The van der Waals surface area contributed by atoms with Gasteiger partial charge < -0.3 is 9.88 Å². The molecule has 3 aromatic rings. The predicted octanol–water partition coefficient (Wildman–Crippen LogP) is 3.12. The van der Waals surface area contributed by atoms with Gasteiger partial charge in [0, 0.05) is 30.9 Å². The Morgan fingerprint density at radius 3 is 2.67 bits per heavy atom. The summed E-state index contributed by atoms with van der Waals surface area (Å²) in [5, 5.41) is 7.19. The number of thioether (sulfide) groups is 1. The van der Waals surface area contributed by atoms with Crippen LogP contribution in [-0.2, 0) is 7.05 Å². The summed E-state index contributed by atoms with van der Waals surface area (Å²) in [7, 11) is 1.84. The Labute approximate surface area is 145 Å². The van der Waals surface area contributed by atoms with Crippen LogP contribution >= 0.6 is 11.8 Å². The van der Waals surface area contributed by atoms with Crippen LogP contribution in [0.25, 0.3) is 5.82 Å². The number of amides is 1. The fourth-order valence-electron chi connectivity index (χ4n) is 2.45. The zero-order valence-electron chi connectivity index (χ0n) is 13.6. The summed E-state index contributed by atoms with van der Waals surface area (Å²) in [5.74, 6) is 1.66. The van der Waals surface area contributed by atoms with E-state index in [-0.39, 0.29) is 5.91 Å². The molecule has 0 aliphatic carbocycles. The van der Waals surface area contributed by atoms with Crippen molar-refractivity contribution in [2.45, 2.75) is 11.3 Å². The second kappa shape index (κ2) is 7.88. The molecule has 0 spiro atoms. The topological polar surface area (TPSA) is 51.9 Å². The van der Waals surface area contributed by atoms with Crippen LogP contribution in [0.5, 0.6) is 0 Å². The molecule has 0 saturated carbocycles. The van der Waals surface area contributed by atoms with Gasteiger partial charge in [-0.3, -0.25) is 9.48 Å². The van der Waals surface area contributed by atoms with Gasteiger partial charge in [0.25, 0.3) is 5.91 Å². The lowest BCUT2D eigenvalue weighted by Crippen LogP contribution is -2.25. The van der Waals surface area contributed by atoms with Gasteiger partial charge in [-0.15, -0.1) is 11.8 Å². The molecule has 0 fully saturated rings. The molecule has 0 atom stereocenters. The zero-order chi connectivity index (χ0) is 16.8. The van der Waals surface area contributed by atoms with Crippen molar-refractivity contribution in [3.63, 3.8) is 0 Å². The Bertz CT molecular complexity index is 781. The molecule has 1 aromatic carbocycles. The van der Waals surface area contributed by atoms with Crippen LogP contribution in [0.2, 0.25) is 0 Å². The summed E-state index contributed by atoms with van der Waals surface area (Å²) in [5.41, 5.74) is 0.587. The minimum absolute atomic E-state index is 0.0866. The summed E-state index contributed by atoms with van der Waals surface area (Å²) in [4.78, 5) is 13.7. The molecule has 2 heterocycles. The van der Waals surface area contributed by atoms with Gasteiger partial charge in [0.15, 0.2) is 0 Å². The van der Waals surface area contributed by atoms with E-state index in [1.807, 2.05) is 54.3 Å². The monoisotopic (exact) mass is 340 g/mol. The SMILES string of the molecule is Cn1ncc(C(=O)NCCCSc2ccccc2)c1-n1cccc1. The van der Waals surface area contributed by atoms with Gasteiger partial charge in [0.05, 0.1) is 6.20 Å². The quantitative estimate of drug-likeness (QED) is 0.531. The van der Waals surface area contributed by atoms with E-state index in [4.69, 9.17) is 0 Å². The fraction of sp³-hybridized carbons (Fsp3) is 0.222. The minimum atomic E-state index is -0.0866. The van der Waals surface area contributed by atoms with Crippen molar-refractivity contribution in [2.75, 3.05) is 12.3 Å². The van der Waals surface area contributed by atoms with Crippen molar-refractivity contribution in [1.82, 2.24) is 19.7 Å². The maximum atomic E-state index is 12.4. The van der Waals surface area contributed by atoms with Gasteiger partial charge >= 0.3 is 0 Å². The van der Waals surface area contributed by atoms with E-state index in [1.54, 1.807) is 22.6 Å². The molecule has 0 saturated heterocycles. The third kappa shape index (κ3) is 3.89. The van der Waals surface area contributed by atoms with E-state index in [9.17, 15) is 4.79 Å². The standard InChI is InChI=1S/C18H20N4OS/c1-21-18(22-11-5-6-12-22)16(14-20-21)17(23)19-10-7-13-24-15-8-3-2-4-9-15/h2-6,8-9,11-12,14H,7,10,13H2,1H3,(H,19,23). The van der Waals surface area contributed by atoms with Crippen LogP contribution < -0.4 is 5.32 Å². The highest BCUT2D eigenvalue weighted by Crippen LogP contribution is 2.17. The number of aryl methyl sites for hydroxylation is 1. The van der Waals surface area contributed by atoms with Gasteiger partial charge in [0.2, 0.25) is 0 Å². The lowest BCUT2D eigenvalue weighted by Gasteiger charge is -2.08. The summed E-state index contributed by atoms with van der Waals surface area (Å²) in [6.45, 7) is 0.651. The lowest BCUT2D eigenvalue weighted by atomic mass is 10.3. The normalized spacial score (nSPS) is 10.7. The molecular formula is C18H20N4OS. The van der Waals surface area contributed by atoms with Crippen LogP contribution in [0.4, 0.5) is 0 Å². The summed E-state index contributed by atoms with van der Waals surface area (Å²) >= 11 is 1.80. The fourth-order valence-corrected chi connectivity index (χ4v) is 3.32. The molecular weight excluding hydrogens is 320 g/mol. The smallest absolute Gasteiger partial charge is 0.256 e. The molecule has 124 valence electrons. The van der Waals surface area contributed by atoms with Gasteiger partial charge in [-0.25, -0.2) is 0 Å². The first-order valence-corrected chi connectivity index (χ1v) is 8.85. The number of nitrogens with zero attached hydrogens (tertiary/aromatic N) is 3. The van der Waals surface area contributed by atoms with E-state index < -0.39 is 0 Å². The molecule has 0 radical (unpaired) electrons. The molecule has 1 N–H and O–H groups in total. The number of rotatable bonds is 7. The summed E-state index contributed by atoms with van der Waals surface area (Å²) in [6.07, 6.45) is 6.35. The first-order chi connectivity index (χ1) is 11.8. The Morgan fingerprint density at radius 1 is 1.17 bits per heavy atom. The number of hydrogen-bond donors (Lipinski definition) is 1. The van der Waals surface area contributed by atoms with Crippen molar-refractivity contribution in [2.24, 2.45) is 7.05 Å². The van der Waals surface area contributed by atoms with E-state index in [0.29, 0.717) is 12.1 Å². The highest BCUT2D eigenvalue weighted by molar-refractivity contribution is 7.99. The van der Waals surface area contributed by atoms with Crippen LogP contribution in [0.15, 0.2) is 66.0 Å². The largest absolute Gasteiger partial charge is 0.352 e. The van der Waals surface area contributed by atoms with E-state index in [1.165, 1.54) is 4.90 Å². The number of carbonyl (C=O) groups is 1. The summed E-state index contributed by atoms with van der Waals surface area (Å²) < 4.78 is 3.60. The Morgan fingerprint density at radius 2 is 1.92 bits per heavy atom. The van der Waals surface area contributed by atoms with Gasteiger partial charge in [-0.1, -0.05) is 18.2 Å².